The molecule has 2 aliphatic heterocycles. The molecule has 49 heavy (non-hydrogen) atoms. The van der Waals surface area contributed by atoms with Crippen molar-refractivity contribution < 1.29 is 38.9 Å². The molecule has 15 nitrogen and oxygen atoms in total. The number of hydrogen-bond donors (Lipinski definition) is 1. The average Bonchev–Trinajstić information content (AvgIpc) is 3.38. The molecule has 3 fully saturated rings. The van der Waals surface area contributed by atoms with Crippen LogP contribution in [0, 0.1) is 38.0 Å². The van der Waals surface area contributed by atoms with Crippen LogP contribution in [-0.2, 0) is 19.2 Å². The van der Waals surface area contributed by atoms with Crippen molar-refractivity contribution in [2.24, 2.45) is 17.8 Å². The Morgan fingerprint density at radius 2 is 1.65 bits per heavy atom. The van der Waals surface area contributed by atoms with Gasteiger partial charge in [0.2, 0.25) is 11.8 Å². The largest absolute Gasteiger partial charge is 0.504 e. The quantitative estimate of drug-likeness (QED) is 0.0984. The third kappa shape index (κ3) is 4.74. The standard InChI is InChI=1S/C31H28BrCl2N5O10/c1-4-49-22-9-14(5-8-21(22)40)24-16-6-7-17-23(18(16)12-30(33)28(43)36(13-32)29(44)31(24,30)34)27(42)37(26(17)41)15-10-19(38(45)46)25(35(2)3)20(11-15)39(47)48/h5-6,8-11,17-18,23-24,40H,4,7,12-13H2,1-3H3/t17-,18+,23-,24-,30+,31-/m0/s1. The SMILES string of the molecule is CCOc1cc([C@H]2C3=CC[C@@H]4C(=O)N(c5cc([N+](=O)[O-])c(N(C)C)c([N+](=O)[O-])c5)C(=O)[C@@H]4[C@@H]3C[C@@]3(Cl)C(=O)N(CBr)C(=O)[C@@]23Cl)ccc1O. The van der Waals surface area contributed by atoms with Gasteiger partial charge >= 0.3 is 11.4 Å². The maximum atomic E-state index is 14.4. The highest BCUT2D eigenvalue weighted by Gasteiger charge is 2.76. The number of halogens is 3. The van der Waals surface area contributed by atoms with E-state index < -0.39 is 78.3 Å². The van der Waals surface area contributed by atoms with Gasteiger partial charge in [0.15, 0.2) is 26.9 Å². The zero-order valence-electron chi connectivity index (χ0n) is 26.1. The van der Waals surface area contributed by atoms with Crippen molar-refractivity contribution in [2.45, 2.75) is 35.4 Å². The van der Waals surface area contributed by atoms with Crippen LogP contribution in [0.5, 0.6) is 11.5 Å². The number of nitro benzene ring substituents is 2. The number of hydrogen-bond acceptors (Lipinski definition) is 11. The molecule has 0 bridgehead atoms. The molecule has 4 aliphatic rings. The first-order valence-corrected chi connectivity index (χ1v) is 16.9. The monoisotopic (exact) mass is 779 g/mol. The minimum atomic E-state index is -2.10. The predicted octanol–water partition coefficient (Wildman–Crippen LogP) is 4.59. The van der Waals surface area contributed by atoms with Gasteiger partial charge in [0.1, 0.15) is 0 Å². The molecule has 2 saturated heterocycles. The van der Waals surface area contributed by atoms with Crippen LogP contribution >= 0.6 is 39.1 Å². The molecule has 0 radical (unpaired) electrons. The number of alkyl halides is 3. The van der Waals surface area contributed by atoms with Crippen molar-refractivity contribution in [2.75, 3.05) is 36.0 Å². The first-order valence-electron chi connectivity index (χ1n) is 15.0. The van der Waals surface area contributed by atoms with E-state index in [0.717, 1.165) is 17.0 Å². The second kappa shape index (κ2) is 11.9. The summed E-state index contributed by atoms with van der Waals surface area (Å²) in [6, 6.07) is 6.22. The predicted molar refractivity (Wildman–Crippen MR) is 179 cm³/mol. The Kier molecular flexibility index (Phi) is 8.43. The minimum absolute atomic E-state index is 0.0169. The molecule has 4 amide bonds. The number of phenolic OH excluding ortho intramolecular Hbond substituents is 1. The maximum Gasteiger partial charge on any atom is 0.301 e. The molecule has 1 saturated carbocycles. The third-order valence-corrected chi connectivity index (χ3v) is 11.7. The van der Waals surface area contributed by atoms with E-state index in [0.29, 0.717) is 16.0 Å². The van der Waals surface area contributed by atoms with Gasteiger partial charge in [0, 0.05) is 32.1 Å². The summed E-state index contributed by atoms with van der Waals surface area (Å²) in [7, 11) is 2.77. The molecule has 2 aromatic rings. The zero-order chi connectivity index (χ0) is 35.9. The molecule has 1 N–H and O–H groups in total. The van der Waals surface area contributed by atoms with Gasteiger partial charge in [-0.15, -0.1) is 23.2 Å². The van der Waals surface area contributed by atoms with Crippen LogP contribution in [0.3, 0.4) is 0 Å². The van der Waals surface area contributed by atoms with E-state index in [1.807, 2.05) is 0 Å². The van der Waals surface area contributed by atoms with E-state index in [4.69, 9.17) is 27.9 Å². The number of likely N-dealkylation sites (tertiary alicyclic amines) is 1. The third-order valence-electron chi connectivity index (χ3n) is 9.79. The molecular weight excluding hydrogens is 753 g/mol. The summed E-state index contributed by atoms with van der Waals surface area (Å²) in [5.74, 6) is -7.49. The smallest absolute Gasteiger partial charge is 0.301 e. The number of anilines is 2. The van der Waals surface area contributed by atoms with Crippen LogP contribution in [0.2, 0.25) is 0 Å². The molecule has 2 aliphatic carbocycles. The van der Waals surface area contributed by atoms with Gasteiger partial charge in [0.05, 0.1) is 39.4 Å². The average molecular weight is 781 g/mol. The fourth-order valence-electron chi connectivity index (χ4n) is 7.82. The van der Waals surface area contributed by atoms with Crippen LogP contribution < -0.4 is 14.5 Å². The molecule has 0 unspecified atom stereocenters. The van der Waals surface area contributed by atoms with Gasteiger partial charge < -0.3 is 14.7 Å². The van der Waals surface area contributed by atoms with Crippen LogP contribution in [0.1, 0.15) is 31.2 Å². The molecular formula is C31H28BrCl2N5O10. The number of carbonyl (C=O) groups excluding carboxylic acids is 4. The lowest BCUT2D eigenvalue weighted by Gasteiger charge is -2.50. The number of imide groups is 2. The van der Waals surface area contributed by atoms with Gasteiger partial charge in [-0.05, 0) is 43.4 Å². The van der Waals surface area contributed by atoms with Crippen LogP contribution in [0.25, 0.3) is 0 Å². The summed E-state index contributed by atoms with van der Waals surface area (Å²) in [5, 5.41) is 34.5. The second-order valence-electron chi connectivity index (χ2n) is 12.4. The molecule has 258 valence electrons. The lowest BCUT2D eigenvalue weighted by Crippen LogP contribution is -2.60. The number of ether oxygens (including phenoxy) is 1. The fraction of sp³-hybridized carbons (Fsp3) is 0.419. The van der Waals surface area contributed by atoms with E-state index >= 15 is 0 Å². The molecule has 0 spiro atoms. The highest BCUT2D eigenvalue weighted by atomic mass is 79.9. The summed E-state index contributed by atoms with van der Waals surface area (Å²) in [6.45, 7) is 1.90. The lowest BCUT2D eigenvalue weighted by molar-refractivity contribution is -0.392. The molecule has 2 aromatic carbocycles. The topological polar surface area (TPSA) is 194 Å². The maximum absolute atomic E-state index is 14.4. The Bertz CT molecular complexity index is 1870. The molecule has 18 heteroatoms. The van der Waals surface area contributed by atoms with E-state index in [1.54, 1.807) is 13.0 Å². The number of nitrogens with zero attached hydrogens (tertiary/aromatic N) is 5. The Hall–Kier alpha value is -4.28. The van der Waals surface area contributed by atoms with E-state index in [-0.39, 0.29) is 47.8 Å². The fourth-order valence-corrected chi connectivity index (χ4v) is 9.24. The highest BCUT2D eigenvalue weighted by molar-refractivity contribution is 9.09. The normalized spacial score (nSPS) is 29.0. The number of benzene rings is 2. The van der Waals surface area contributed by atoms with Gasteiger partial charge in [-0.2, -0.15) is 0 Å². The van der Waals surface area contributed by atoms with Gasteiger partial charge in [-0.25, -0.2) is 4.90 Å². The summed E-state index contributed by atoms with van der Waals surface area (Å²) < 4.78 is 5.58. The Morgan fingerprint density at radius 1 is 1.02 bits per heavy atom. The van der Waals surface area contributed by atoms with Crippen molar-refractivity contribution in [3.05, 3.63) is 67.8 Å². The number of allylic oxidation sites excluding steroid dienone is 2. The second-order valence-corrected chi connectivity index (χ2v) is 14.1. The Labute approximate surface area is 296 Å². The van der Waals surface area contributed by atoms with E-state index in [1.165, 1.54) is 37.2 Å². The van der Waals surface area contributed by atoms with Crippen molar-refractivity contribution in [3.8, 4) is 11.5 Å². The van der Waals surface area contributed by atoms with Crippen molar-refractivity contribution >= 4 is 85.5 Å². The Balaban J connectivity index is 1.52. The van der Waals surface area contributed by atoms with Crippen LogP contribution in [0.15, 0.2) is 42.0 Å². The van der Waals surface area contributed by atoms with Crippen LogP contribution in [0.4, 0.5) is 22.7 Å². The zero-order valence-corrected chi connectivity index (χ0v) is 29.2. The number of phenols is 1. The van der Waals surface area contributed by atoms with Gasteiger partial charge in [-0.1, -0.05) is 33.6 Å². The van der Waals surface area contributed by atoms with Gasteiger partial charge in [0.25, 0.3) is 11.8 Å². The molecule has 6 rings (SSSR count). The Morgan fingerprint density at radius 3 is 2.20 bits per heavy atom. The van der Waals surface area contributed by atoms with Crippen molar-refractivity contribution in [3.63, 3.8) is 0 Å². The van der Waals surface area contributed by atoms with Crippen LogP contribution in [-0.4, -0.2) is 79.4 Å². The summed E-state index contributed by atoms with van der Waals surface area (Å²) in [4.78, 5) is 77.3. The number of fused-ring (bicyclic) bond motifs is 4. The molecule has 2 heterocycles. The van der Waals surface area contributed by atoms with E-state index in [9.17, 15) is 44.5 Å². The molecule has 6 atom stereocenters. The number of amides is 4. The summed E-state index contributed by atoms with van der Waals surface area (Å²) >= 11 is 17.6. The van der Waals surface area contributed by atoms with Gasteiger partial charge in [-0.3, -0.25) is 44.3 Å². The number of carbonyl (C=O) groups is 4. The molecule has 0 aromatic heterocycles. The first-order chi connectivity index (χ1) is 23.0. The lowest BCUT2D eigenvalue weighted by atomic mass is 9.56. The summed E-state index contributed by atoms with van der Waals surface area (Å²) in [5.41, 5.74) is -1.45. The number of nitro groups is 2. The van der Waals surface area contributed by atoms with Crippen molar-refractivity contribution in [1.82, 2.24) is 4.90 Å². The highest BCUT2D eigenvalue weighted by Crippen LogP contribution is 2.66. The van der Waals surface area contributed by atoms with E-state index in [2.05, 4.69) is 15.9 Å². The summed E-state index contributed by atoms with van der Waals surface area (Å²) in [6.07, 6.45) is 1.35. The minimum Gasteiger partial charge on any atom is -0.504 e. The first kappa shape index (κ1) is 34.6. The van der Waals surface area contributed by atoms with Crippen molar-refractivity contribution in [1.29, 1.82) is 0 Å². The number of aromatic hydroxyl groups is 1. The number of rotatable bonds is 8.